The van der Waals surface area contributed by atoms with Crippen LogP contribution in [0.1, 0.15) is 24.1 Å². The SMILES string of the molecule is O=C(NCc1cccs1)Nc1ccc(N2CCCCC2)cc1. The van der Waals surface area contributed by atoms with Gasteiger partial charge in [0.25, 0.3) is 0 Å². The Morgan fingerprint density at radius 3 is 2.55 bits per heavy atom. The van der Waals surface area contributed by atoms with Crippen molar-refractivity contribution in [3.05, 3.63) is 46.7 Å². The lowest BCUT2D eigenvalue weighted by molar-refractivity contribution is 0.252. The predicted octanol–water partition coefficient (Wildman–Crippen LogP) is 4.06. The van der Waals surface area contributed by atoms with Gasteiger partial charge in [0.15, 0.2) is 0 Å². The van der Waals surface area contributed by atoms with Crippen LogP contribution in [0, 0.1) is 0 Å². The number of piperidine rings is 1. The second-order valence-electron chi connectivity index (χ2n) is 5.48. The van der Waals surface area contributed by atoms with Gasteiger partial charge < -0.3 is 15.5 Å². The summed E-state index contributed by atoms with van der Waals surface area (Å²) in [6, 6.07) is 11.9. The van der Waals surface area contributed by atoms with Gasteiger partial charge in [0, 0.05) is 29.3 Å². The number of carbonyl (C=O) groups excluding carboxylic acids is 1. The van der Waals surface area contributed by atoms with E-state index < -0.39 is 0 Å². The van der Waals surface area contributed by atoms with Gasteiger partial charge in [0.05, 0.1) is 6.54 Å². The normalized spacial score (nSPS) is 14.6. The third-order valence-electron chi connectivity index (χ3n) is 3.85. The lowest BCUT2D eigenvalue weighted by atomic mass is 10.1. The van der Waals surface area contributed by atoms with Crippen LogP contribution in [0.25, 0.3) is 0 Å². The Kier molecular flexibility index (Phi) is 4.96. The first-order chi connectivity index (χ1) is 10.8. The zero-order valence-electron chi connectivity index (χ0n) is 12.5. The third-order valence-corrected chi connectivity index (χ3v) is 4.73. The number of carbonyl (C=O) groups is 1. The van der Waals surface area contributed by atoms with Crippen molar-refractivity contribution in [1.82, 2.24) is 5.32 Å². The van der Waals surface area contributed by atoms with Crippen molar-refractivity contribution in [3.8, 4) is 0 Å². The molecule has 2 N–H and O–H groups in total. The van der Waals surface area contributed by atoms with E-state index in [4.69, 9.17) is 0 Å². The highest BCUT2D eigenvalue weighted by atomic mass is 32.1. The summed E-state index contributed by atoms with van der Waals surface area (Å²) in [5.74, 6) is 0. The molecular weight excluding hydrogens is 294 g/mol. The highest BCUT2D eigenvalue weighted by Gasteiger charge is 2.10. The van der Waals surface area contributed by atoms with Gasteiger partial charge in [0.1, 0.15) is 0 Å². The maximum absolute atomic E-state index is 11.9. The smallest absolute Gasteiger partial charge is 0.319 e. The van der Waals surface area contributed by atoms with Crippen molar-refractivity contribution in [2.75, 3.05) is 23.3 Å². The minimum absolute atomic E-state index is 0.167. The molecule has 1 saturated heterocycles. The summed E-state index contributed by atoms with van der Waals surface area (Å²) in [7, 11) is 0. The summed E-state index contributed by atoms with van der Waals surface area (Å²) in [6.07, 6.45) is 3.87. The first-order valence-electron chi connectivity index (χ1n) is 7.73. The Morgan fingerprint density at radius 2 is 1.86 bits per heavy atom. The Balaban J connectivity index is 1.50. The molecule has 3 rings (SSSR count). The standard InChI is InChI=1S/C17H21N3OS/c21-17(18-13-16-5-4-12-22-16)19-14-6-8-15(9-7-14)20-10-2-1-3-11-20/h4-9,12H,1-3,10-11,13H2,(H2,18,19,21). The zero-order valence-corrected chi connectivity index (χ0v) is 13.4. The van der Waals surface area contributed by atoms with Crippen LogP contribution in [0.15, 0.2) is 41.8 Å². The quantitative estimate of drug-likeness (QED) is 0.893. The van der Waals surface area contributed by atoms with Gasteiger partial charge in [-0.25, -0.2) is 4.79 Å². The van der Waals surface area contributed by atoms with E-state index in [9.17, 15) is 4.79 Å². The van der Waals surface area contributed by atoms with Crippen molar-refractivity contribution in [3.63, 3.8) is 0 Å². The molecule has 1 aromatic carbocycles. The van der Waals surface area contributed by atoms with E-state index in [1.807, 2.05) is 29.6 Å². The number of urea groups is 1. The van der Waals surface area contributed by atoms with Crippen LogP contribution in [0.5, 0.6) is 0 Å². The highest BCUT2D eigenvalue weighted by molar-refractivity contribution is 7.09. The molecule has 2 heterocycles. The average Bonchev–Trinajstić information content (AvgIpc) is 3.08. The van der Waals surface area contributed by atoms with E-state index in [0.29, 0.717) is 6.54 Å². The fraction of sp³-hybridized carbons (Fsp3) is 0.353. The molecule has 0 saturated carbocycles. The van der Waals surface area contributed by atoms with Crippen LogP contribution in [-0.2, 0) is 6.54 Å². The van der Waals surface area contributed by atoms with Crippen LogP contribution >= 0.6 is 11.3 Å². The maximum atomic E-state index is 11.9. The number of thiophene rings is 1. The molecule has 0 unspecified atom stereocenters. The second kappa shape index (κ2) is 7.31. The van der Waals surface area contributed by atoms with E-state index in [0.717, 1.165) is 23.7 Å². The number of amides is 2. The molecule has 0 spiro atoms. The zero-order chi connectivity index (χ0) is 15.2. The number of rotatable bonds is 4. The number of benzene rings is 1. The molecule has 0 bridgehead atoms. The molecule has 1 aromatic heterocycles. The third kappa shape index (κ3) is 4.01. The molecule has 2 amide bonds. The fourth-order valence-corrected chi connectivity index (χ4v) is 3.31. The lowest BCUT2D eigenvalue weighted by Gasteiger charge is -2.28. The number of nitrogens with zero attached hydrogens (tertiary/aromatic N) is 1. The van der Waals surface area contributed by atoms with Crippen molar-refractivity contribution in [2.24, 2.45) is 0 Å². The molecule has 1 aliphatic rings. The first-order valence-corrected chi connectivity index (χ1v) is 8.61. The molecule has 1 fully saturated rings. The van der Waals surface area contributed by atoms with Gasteiger partial charge in [0.2, 0.25) is 0 Å². The number of hydrogen-bond donors (Lipinski definition) is 2. The van der Waals surface area contributed by atoms with E-state index >= 15 is 0 Å². The van der Waals surface area contributed by atoms with Gasteiger partial charge >= 0.3 is 6.03 Å². The summed E-state index contributed by atoms with van der Waals surface area (Å²) < 4.78 is 0. The predicted molar refractivity (Wildman–Crippen MR) is 92.7 cm³/mol. The summed E-state index contributed by atoms with van der Waals surface area (Å²) in [6.45, 7) is 2.83. The Hall–Kier alpha value is -2.01. The Labute approximate surface area is 135 Å². The first kappa shape index (κ1) is 14.9. The molecule has 2 aromatic rings. The van der Waals surface area contributed by atoms with Gasteiger partial charge in [-0.2, -0.15) is 0 Å². The molecule has 5 heteroatoms. The van der Waals surface area contributed by atoms with E-state index in [-0.39, 0.29) is 6.03 Å². The number of hydrogen-bond acceptors (Lipinski definition) is 3. The van der Waals surface area contributed by atoms with E-state index in [1.165, 1.54) is 24.9 Å². The van der Waals surface area contributed by atoms with Crippen LogP contribution in [0.4, 0.5) is 16.2 Å². The fourth-order valence-electron chi connectivity index (χ4n) is 2.66. The van der Waals surface area contributed by atoms with Crippen LogP contribution in [0.2, 0.25) is 0 Å². The number of nitrogens with one attached hydrogen (secondary N) is 2. The maximum Gasteiger partial charge on any atom is 0.319 e. The average molecular weight is 315 g/mol. The molecule has 1 aliphatic heterocycles. The Morgan fingerprint density at radius 1 is 1.09 bits per heavy atom. The van der Waals surface area contributed by atoms with Gasteiger partial charge in [-0.05, 0) is 55.0 Å². The van der Waals surface area contributed by atoms with Crippen molar-refractivity contribution in [2.45, 2.75) is 25.8 Å². The van der Waals surface area contributed by atoms with Gasteiger partial charge in [-0.1, -0.05) is 6.07 Å². The largest absolute Gasteiger partial charge is 0.372 e. The molecule has 0 atom stereocenters. The van der Waals surface area contributed by atoms with E-state index in [1.54, 1.807) is 11.3 Å². The molecular formula is C17H21N3OS. The topological polar surface area (TPSA) is 44.4 Å². The van der Waals surface area contributed by atoms with Crippen LogP contribution in [-0.4, -0.2) is 19.1 Å². The summed E-state index contributed by atoms with van der Waals surface area (Å²) in [5, 5.41) is 7.74. The number of anilines is 2. The van der Waals surface area contributed by atoms with Crippen LogP contribution < -0.4 is 15.5 Å². The van der Waals surface area contributed by atoms with Crippen molar-refractivity contribution in [1.29, 1.82) is 0 Å². The lowest BCUT2D eigenvalue weighted by Crippen LogP contribution is -2.29. The van der Waals surface area contributed by atoms with Crippen molar-refractivity contribution < 1.29 is 4.79 Å². The molecule has 4 nitrogen and oxygen atoms in total. The summed E-state index contributed by atoms with van der Waals surface area (Å²) in [4.78, 5) is 15.4. The highest BCUT2D eigenvalue weighted by Crippen LogP contribution is 2.21. The minimum Gasteiger partial charge on any atom is -0.372 e. The molecule has 0 aliphatic carbocycles. The monoisotopic (exact) mass is 315 g/mol. The van der Waals surface area contributed by atoms with E-state index in [2.05, 4.69) is 27.7 Å². The summed E-state index contributed by atoms with van der Waals surface area (Å²) in [5.41, 5.74) is 2.06. The molecule has 0 radical (unpaired) electrons. The van der Waals surface area contributed by atoms with Gasteiger partial charge in [-0.15, -0.1) is 11.3 Å². The second-order valence-corrected chi connectivity index (χ2v) is 6.51. The summed E-state index contributed by atoms with van der Waals surface area (Å²) >= 11 is 1.64. The minimum atomic E-state index is -0.167. The van der Waals surface area contributed by atoms with Gasteiger partial charge in [-0.3, -0.25) is 0 Å². The van der Waals surface area contributed by atoms with Crippen molar-refractivity contribution >= 4 is 28.7 Å². The Bertz CT molecular complexity index is 589. The van der Waals surface area contributed by atoms with Crippen LogP contribution in [0.3, 0.4) is 0 Å². The molecule has 116 valence electrons. The molecule has 22 heavy (non-hydrogen) atoms.